The van der Waals surface area contributed by atoms with E-state index >= 15 is 0 Å². The van der Waals surface area contributed by atoms with Gasteiger partial charge < -0.3 is 9.88 Å². The van der Waals surface area contributed by atoms with Crippen molar-refractivity contribution in [3.63, 3.8) is 0 Å². The monoisotopic (exact) mass is 140 g/mol. The smallest absolute Gasteiger partial charge is 0.129 e. The molecule has 56 valence electrons. The number of hydrogen-bond donors (Lipinski definition) is 1. The molecule has 0 aliphatic heterocycles. The SMILES string of the molecule is CNCCn1cnnc1C. The lowest BCUT2D eigenvalue weighted by Gasteiger charge is -2.00. The first-order chi connectivity index (χ1) is 4.84. The molecule has 4 nitrogen and oxygen atoms in total. The van der Waals surface area contributed by atoms with Crippen molar-refractivity contribution in [1.82, 2.24) is 20.1 Å². The van der Waals surface area contributed by atoms with Gasteiger partial charge in [-0.2, -0.15) is 0 Å². The van der Waals surface area contributed by atoms with E-state index in [2.05, 4.69) is 15.5 Å². The molecule has 10 heavy (non-hydrogen) atoms. The molecule has 4 heteroatoms. The zero-order chi connectivity index (χ0) is 7.40. The molecule has 0 spiro atoms. The molecule has 0 atom stereocenters. The van der Waals surface area contributed by atoms with Crippen molar-refractivity contribution < 1.29 is 0 Å². The summed E-state index contributed by atoms with van der Waals surface area (Å²) in [6, 6.07) is 0. The van der Waals surface area contributed by atoms with Crippen LogP contribution in [0.1, 0.15) is 5.82 Å². The second-order valence-corrected chi connectivity index (χ2v) is 2.18. The highest BCUT2D eigenvalue weighted by Crippen LogP contribution is 1.89. The summed E-state index contributed by atoms with van der Waals surface area (Å²) in [6.07, 6.45) is 1.74. The van der Waals surface area contributed by atoms with E-state index in [1.165, 1.54) is 0 Å². The van der Waals surface area contributed by atoms with Gasteiger partial charge in [0.05, 0.1) is 0 Å². The lowest BCUT2D eigenvalue weighted by Crippen LogP contribution is -2.15. The van der Waals surface area contributed by atoms with E-state index in [-0.39, 0.29) is 0 Å². The van der Waals surface area contributed by atoms with Crippen LogP contribution in [0.15, 0.2) is 6.33 Å². The highest BCUT2D eigenvalue weighted by atomic mass is 15.3. The van der Waals surface area contributed by atoms with Gasteiger partial charge in [0.15, 0.2) is 0 Å². The minimum absolute atomic E-state index is 0.940. The van der Waals surface area contributed by atoms with Crippen molar-refractivity contribution in [1.29, 1.82) is 0 Å². The average Bonchev–Trinajstić information content (AvgIpc) is 2.31. The zero-order valence-corrected chi connectivity index (χ0v) is 6.33. The number of nitrogens with one attached hydrogen (secondary N) is 1. The number of rotatable bonds is 3. The average molecular weight is 140 g/mol. The summed E-state index contributed by atoms with van der Waals surface area (Å²) in [7, 11) is 1.93. The first-order valence-corrected chi connectivity index (χ1v) is 3.33. The minimum Gasteiger partial charge on any atom is -0.318 e. The Kier molecular flexibility index (Phi) is 2.39. The molecule has 0 aliphatic rings. The topological polar surface area (TPSA) is 42.7 Å². The lowest BCUT2D eigenvalue weighted by molar-refractivity contribution is 0.628. The molecule has 0 saturated heterocycles. The van der Waals surface area contributed by atoms with Crippen LogP contribution >= 0.6 is 0 Å². The molecular formula is C6H12N4. The van der Waals surface area contributed by atoms with Gasteiger partial charge in [-0.25, -0.2) is 0 Å². The summed E-state index contributed by atoms with van der Waals surface area (Å²) >= 11 is 0. The standard InChI is InChI=1S/C6H12N4/c1-6-9-8-5-10(6)4-3-7-2/h5,7H,3-4H2,1-2H3. The predicted octanol–water partition coefficient (Wildman–Crippen LogP) is -0.194. The summed E-state index contributed by atoms with van der Waals surface area (Å²) in [5.41, 5.74) is 0. The maximum atomic E-state index is 3.85. The summed E-state index contributed by atoms with van der Waals surface area (Å²) in [6.45, 7) is 3.84. The van der Waals surface area contributed by atoms with Crippen molar-refractivity contribution in [2.75, 3.05) is 13.6 Å². The Morgan fingerprint density at radius 2 is 2.50 bits per heavy atom. The summed E-state index contributed by atoms with van der Waals surface area (Å²) in [4.78, 5) is 0. The van der Waals surface area contributed by atoms with E-state index in [0.29, 0.717) is 0 Å². The van der Waals surface area contributed by atoms with Crippen molar-refractivity contribution in [2.45, 2.75) is 13.5 Å². The van der Waals surface area contributed by atoms with Crippen molar-refractivity contribution in [2.24, 2.45) is 0 Å². The number of hydrogen-bond acceptors (Lipinski definition) is 3. The Bertz CT molecular complexity index is 193. The third-order valence-electron chi connectivity index (χ3n) is 1.41. The summed E-state index contributed by atoms with van der Waals surface area (Å²) in [5.74, 6) is 0.968. The Hall–Kier alpha value is -0.900. The Morgan fingerprint density at radius 3 is 3.00 bits per heavy atom. The number of likely N-dealkylation sites (N-methyl/N-ethyl adjacent to an activating group) is 1. The largest absolute Gasteiger partial charge is 0.318 e. The van der Waals surface area contributed by atoms with E-state index in [0.717, 1.165) is 18.9 Å². The molecule has 1 aromatic rings. The van der Waals surface area contributed by atoms with Crippen molar-refractivity contribution in [3.05, 3.63) is 12.2 Å². The predicted molar refractivity (Wildman–Crippen MR) is 38.7 cm³/mol. The van der Waals surface area contributed by atoms with E-state index in [1.54, 1.807) is 6.33 Å². The van der Waals surface area contributed by atoms with Crippen molar-refractivity contribution in [3.8, 4) is 0 Å². The van der Waals surface area contributed by atoms with E-state index in [1.807, 2.05) is 18.5 Å². The number of aryl methyl sites for hydroxylation is 1. The first-order valence-electron chi connectivity index (χ1n) is 3.33. The highest BCUT2D eigenvalue weighted by Gasteiger charge is 1.94. The molecule has 0 saturated carbocycles. The van der Waals surface area contributed by atoms with Crippen LogP contribution < -0.4 is 5.32 Å². The van der Waals surface area contributed by atoms with Gasteiger partial charge in [0, 0.05) is 13.1 Å². The van der Waals surface area contributed by atoms with Crippen LogP contribution in [-0.4, -0.2) is 28.4 Å². The third-order valence-corrected chi connectivity index (χ3v) is 1.41. The zero-order valence-electron chi connectivity index (χ0n) is 6.33. The third kappa shape index (κ3) is 1.54. The summed E-state index contributed by atoms with van der Waals surface area (Å²) < 4.78 is 2.01. The first kappa shape index (κ1) is 7.21. The van der Waals surface area contributed by atoms with Gasteiger partial charge in [0.2, 0.25) is 0 Å². The Labute approximate surface area is 60.3 Å². The Balaban J connectivity index is 2.49. The quantitative estimate of drug-likeness (QED) is 0.632. The van der Waals surface area contributed by atoms with Crippen LogP contribution in [0.5, 0.6) is 0 Å². The fraction of sp³-hybridized carbons (Fsp3) is 0.667. The van der Waals surface area contributed by atoms with Gasteiger partial charge in [-0.3, -0.25) is 0 Å². The van der Waals surface area contributed by atoms with Gasteiger partial charge >= 0.3 is 0 Å². The fourth-order valence-electron chi connectivity index (χ4n) is 0.765. The van der Waals surface area contributed by atoms with Gasteiger partial charge in [-0.15, -0.1) is 10.2 Å². The van der Waals surface area contributed by atoms with Gasteiger partial charge in [-0.05, 0) is 14.0 Å². The van der Waals surface area contributed by atoms with E-state index in [4.69, 9.17) is 0 Å². The molecule has 0 aliphatic carbocycles. The summed E-state index contributed by atoms with van der Waals surface area (Å²) in [5, 5.41) is 10.7. The van der Waals surface area contributed by atoms with Crippen LogP contribution in [-0.2, 0) is 6.54 Å². The highest BCUT2D eigenvalue weighted by molar-refractivity contribution is 4.79. The lowest BCUT2D eigenvalue weighted by atomic mass is 10.6. The van der Waals surface area contributed by atoms with E-state index in [9.17, 15) is 0 Å². The molecule has 0 bridgehead atoms. The number of aromatic nitrogens is 3. The van der Waals surface area contributed by atoms with Crippen LogP contribution in [0.3, 0.4) is 0 Å². The van der Waals surface area contributed by atoms with Crippen LogP contribution in [0.25, 0.3) is 0 Å². The molecule has 0 aromatic carbocycles. The molecule has 0 unspecified atom stereocenters. The maximum Gasteiger partial charge on any atom is 0.129 e. The molecule has 1 heterocycles. The molecule has 1 rings (SSSR count). The molecule has 0 amide bonds. The van der Waals surface area contributed by atoms with Crippen molar-refractivity contribution >= 4 is 0 Å². The van der Waals surface area contributed by atoms with Gasteiger partial charge in [0.25, 0.3) is 0 Å². The van der Waals surface area contributed by atoms with Gasteiger partial charge in [0.1, 0.15) is 12.2 Å². The van der Waals surface area contributed by atoms with Crippen LogP contribution in [0.4, 0.5) is 0 Å². The number of nitrogens with zero attached hydrogens (tertiary/aromatic N) is 3. The van der Waals surface area contributed by atoms with Crippen LogP contribution in [0.2, 0.25) is 0 Å². The fourth-order valence-corrected chi connectivity index (χ4v) is 0.765. The van der Waals surface area contributed by atoms with Gasteiger partial charge in [-0.1, -0.05) is 0 Å². The molecular weight excluding hydrogens is 128 g/mol. The molecule has 0 radical (unpaired) electrons. The maximum absolute atomic E-state index is 3.85. The second-order valence-electron chi connectivity index (χ2n) is 2.18. The normalized spacial score (nSPS) is 10.2. The molecule has 0 fully saturated rings. The van der Waals surface area contributed by atoms with Crippen LogP contribution in [0, 0.1) is 6.92 Å². The second kappa shape index (κ2) is 3.31. The minimum atomic E-state index is 0.940. The molecule has 1 aromatic heterocycles. The van der Waals surface area contributed by atoms with E-state index < -0.39 is 0 Å². The molecule has 1 N–H and O–H groups in total. The Morgan fingerprint density at radius 1 is 1.70 bits per heavy atom.